The molecule has 28 heavy (non-hydrogen) atoms. The third kappa shape index (κ3) is 3.65. The molecule has 7 heteroatoms. The van der Waals surface area contributed by atoms with Crippen LogP contribution in [0.5, 0.6) is 0 Å². The number of ether oxygens (including phenoxy) is 1. The minimum Gasteiger partial charge on any atom is -0.378 e. The van der Waals surface area contributed by atoms with E-state index in [1.54, 1.807) is 6.20 Å². The molecular formula is C21H30N4O3. The first-order valence-electron chi connectivity index (χ1n) is 10.3. The fourth-order valence-electron chi connectivity index (χ4n) is 4.97. The molecule has 3 aliphatic rings. The number of amides is 2. The van der Waals surface area contributed by atoms with Crippen LogP contribution >= 0.6 is 0 Å². The molecular weight excluding hydrogens is 356 g/mol. The molecule has 4 heterocycles. The van der Waals surface area contributed by atoms with Crippen molar-refractivity contribution in [3.05, 3.63) is 29.6 Å². The molecule has 1 atom stereocenters. The molecule has 0 N–H and O–H groups in total. The van der Waals surface area contributed by atoms with Crippen LogP contribution in [-0.4, -0.2) is 90.5 Å². The van der Waals surface area contributed by atoms with E-state index < -0.39 is 0 Å². The molecule has 0 radical (unpaired) electrons. The number of piperidine rings is 1. The van der Waals surface area contributed by atoms with Gasteiger partial charge in [-0.2, -0.15) is 0 Å². The zero-order valence-corrected chi connectivity index (χ0v) is 16.9. The second-order valence-corrected chi connectivity index (χ2v) is 8.50. The van der Waals surface area contributed by atoms with Crippen molar-refractivity contribution in [2.75, 3.05) is 53.0 Å². The fraction of sp³-hybridized carbons (Fsp3) is 0.667. The standard InChI is InChI=1S/C21H30N4O3/c1-16-17(4-3-7-22-16)19(26)24-8-5-21(6-9-24)14-18(23(2)15-21)20(27)25-10-12-28-13-11-25/h3-4,7,18H,5-6,8-15H2,1-2H3. The molecule has 2 amide bonds. The van der Waals surface area contributed by atoms with Gasteiger partial charge in [0, 0.05) is 44.6 Å². The van der Waals surface area contributed by atoms with Gasteiger partial charge >= 0.3 is 0 Å². The highest BCUT2D eigenvalue weighted by Gasteiger charge is 2.48. The molecule has 1 aromatic heterocycles. The summed E-state index contributed by atoms with van der Waals surface area (Å²) in [6, 6.07) is 3.63. The molecule has 4 rings (SSSR count). The number of hydrogen-bond donors (Lipinski definition) is 0. The fourth-order valence-corrected chi connectivity index (χ4v) is 4.97. The van der Waals surface area contributed by atoms with Crippen LogP contribution in [0.2, 0.25) is 0 Å². The lowest BCUT2D eigenvalue weighted by atomic mass is 9.76. The largest absolute Gasteiger partial charge is 0.378 e. The van der Waals surface area contributed by atoms with Gasteiger partial charge in [-0.15, -0.1) is 0 Å². The zero-order valence-electron chi connectivity index (χ0n) is 16.9. The zero-order chi connectivity index (χ0) is 19.7. The van der Waals surface area contributed by atoms with Gasteiger partial charge < -0.3 is 14.5 Å². The average molecular weight is 386 g/mol. The minimum atomic E-state index is -0.0408. The summed E-state index contributed by atoms with van der Waals surface area (Å²) in [6.45, 7) is 6.98. The number of aromatic nitrogens is 1. The van der Waals surface area contributed by atoms with Gasteiger partial charge in [-0.25, -0.2) is 0 Å². The maximum atomic E-state index is 13.0. The van der Waals surface area contributed by atoms with Crippen LogP contribution in [0.1, 0.15) is 35.3 Å². The van der Waals surface area contributed by atoms with Gasteiger partial charge in [0.2, 0.25) is 5.91 Å². The van der Waals surface area contributed by atoms with Gasteiger partial charge in [0.05, 0.1) is 24.8 Å². The Hall–Kier alpha value is -1.99. The van der Waals surface area contributed by atoms with Crippen molar-refractivity contribution in [2.24, 2.45) is 5.41 Å². The predicted octanol–water partition coefficient (Wildman–Crippen LogP) is 1.18. The van der Waals surface area contributed by atoms with Crippen LogP contribution in [0.15, 0.2) is 18.3 Å². The van der Waals surface area contributed by atoms with Crippen LogP contribution in [0.25, 0.3) is 0 Å². The maximum Gasteiger partial charge on any atom is 0.255 e. The van der Waals surface area contributed by atoms with E-state index in [-0.39, 0.29) is 23.3 Å². The number of hydrogen-bond acceptors (Lipinski definition) is 5. The molecule has 0 aliphatic carbocycles. The van der Waals surface area contributed by atoms with Crippen molar-refractivity contribution in [3.63, 3.8) is 0 Å². The van der Waals surface area contributed by atoms with E-state index in [1.807, 2.05) is 28.9 Å². The molecule has 1 aromatic rings. The van der Waals surface area contributed by atoms with Crippen molar-refractivity contribution in [2.45, 2.75) is 32.2 Å². The first kappa shape index (κ1) is 19.3. The van der Waals surface area contributed by atoms with Crippen molar-refractivity contribution in [1.29, 1.82) is 0 Å². The van der Waals surface area contributed by atoms with Crippen LogP contribution in [0.3, 0.4) is 0 Å². The molecule has 3 fully saturated rings. The maximum absolute atomic E-state index is 13.0. The Kier molecular flexibility index (Phi) is 5.38. The van der Waals surface area contributed by atoms with Crippen LogP contribution < -0.4 is 0 Å². The average Bonchev–Trinajstić information content (AvgIpc) is 3.04. The van der Waals surface area contributed by atoms with Gasteiger partial charge in [0.1, 0.15) is 0 Å². The lowest BCUT2D eigenvalue weighted by Crippen LogP contribution is -2.48. The number of nitrogens with zero attached hydrogens (tertiary/aromatic N) is 4. The molecule has 1 unspecified atom stereocenters. The van der Waals surface area contributed by atoms with E-state index in [0.29, 0.717) is 31.9 Å². The lowest BCUT2D eigenvalue weighted by Gasteiger charge is -2.39. The van der Waals surface area contributed by atoms with Crippen molar-refractivity contribution >= 4 is 11.8 Å². The Bertz CT molecular complexity index is 739. The quantitative estimate of drug-likeness (QED) is 0.764. The summed E-state index contributed by atoms with van der Waals surface area (Å²) in [5.74, 6) is 0.319. The van der Waals surface area contributed by atoms with E-state index in [2.05, 4.69) is 16.9 Å². The summed E-state index contributed by atoms with van der Waals surface area (Å²) in [6.07, 6.45) is 4.52. The SMILES string of the molecule is Cc1ncccc1C(=O)N1CCC2(CC1)CC(C(=O)N1CCOCC1)N(C)C2. The Labute approximate surface area is 166 Å². The number of rotatable bonds is 2. The van der Waals surface area contributed by atoms with E-state index in [9.17, 15) is 9.59 Å². The highest BCUT2D eigenvalue weighted by molar-refractivity contribution is 5.95. The number of carbonyl (C=O) groups excluding carboxylic acids is 2. The molecule has 3 saturated heterocycles. The second kappa shape index (κ2) is 7.79. The molecule has 7 nitrogen and oxygen atoms in total. The van der Waals surface area contributed by atoms with Crippen molar-refractivity contribution < 1.29 is 14.3 Å². The van der Waals surface area contributed by atoms with E-state index >= 15 is 0 Å². The summed E-state index contributed by atoms with van der Waals surface area (Å²) in [5.41, 5.74) is 1.62. The molecule has 3 aliphatic heterocycles. The normalized spacial score (nSPS) is 25.3. The van der Waals surface area contributed by atoms with E-state index in [4.69, 9.17) is 4.74 Å². The molecule has 0 bridgehead atoms. The second-order valence-electron chi connectivity index (χ2n) is 8.50. The number of aryl methyl sites for hydroxylation is 1. The monoisotopic (exact) mass is 386 g/mol. The lowest BCUT2D eigenvalue weighted by molar-refractivity contribution is -0.139. The summed E-state index contributed by atoms with van der Waals surface area (Å²) >= 11 is 0. The van der Waals surface area contributed by atoms with Crippen molar-refractivity contribution in [3.8, 4) is 0 Å². The predicted molar refractivity (Wildman–Crippen MR) is 105 cm³/mol. The van der Waals surface area contributed by atoms with Crippen LogP contribution in [0, 0.1) is 12.3 Å². The third-order valence-corrected chi connectivity index (χ3v) is 6.70. The van der Waals surface area contributed by atoms with Gasteiger partial charge in [-0.3, -0.25) is 19.5 Å². The number of morpholine rings is 1. The number of likely N-dealkylation sites (tertiary alicyclic amines) is 2. The highest BCUT2D eigenvalue weighted by atomic mass is 16.5. The van der Waals surface area contributed by atoms with Gasteiger partial charge in [-0.05, 0) is 50.8 Å². The van der Waals surface area contributed by atoms with E-state index in [0.717, 1.165) is 44.6 Å². The number of likely N-dealkylation sites (N-methyl/N-ethyl adjacent to an activating group) is 1. The van der Waals surface area contributed by atoms with Crippen LogP contribution in [0.4, 0.5) is 0 Å². The molecule has 0 saturated carbocycles. The topological polar surface area (TPSA) is 66.0 Å². The first-order valence-corrected chi connectivity index (χ1v) is 10.3. The Morgan fingerprint density at radius 2 is 1.86 bits per heavy atom. The minimum absolute atomic E-state index is 0.0408. The van der Waals surface area contributed by atoms with Gasteiger partial charge in [0.15, 0.2) is 0 Å². The van der Waals surface area contributed by atoms with E-state index in [1.165, 1.54) is 0 Å². The summed E-state index contributed by atoms with van der Waals surface area (Å²) in [7, 11) is 2.06. The Balaban J connectivity index is 1.38. The molecule has 152 valence electrons. The van der Waals surface area contributed by atoms with Crippen LogP contribution in [-0.2, 0) is 9.53 Å². The summed E-state index contributed by atoms with van der Waals surface area (Å²) in [4.78, 5) is 36.2. The number of pyridine rings is 1. The third-order valence-electron chi connectivity index (χ3n) is 6.70. The molecule has 1 spiro atoms. The van der Waals surface area contributed by atoms with Gasteiger partial charge in [-0.1, -0.05) is 0 Å². The summed E-state index contributed by atoms with van der Waals surface area (Å²) < 4.78 is 5.38. The Morgan fingerprint density at radius 1 is 1.14 bits per heavy atom. The van der Waals surface area contributed by atoms with Crippen molar-refractivity contribution in [1.82, 2.24) is 19.7 Å². The van der Waals surface area contributed by atoms with Gasteiger partial charge in [0.25, 0.3) is 5.91 Å². The highest BCUT2D eigenvalue weighted by Crippen LogP contribution is 2.43. The smallest absolute Gasteiger partial charge is 0.255 e. The first-order chi connectivity index (χ1) is 13.5. The molecule has 0 aromatic carbocycles. The summed E-state index contributed by atoms with van der Waals surface area (Å²) in [5, 5.41) is 0. The Morgan fingerprint density at radius 3 is 2.54 bits per heavy atom. The number of carbonyl (C=O) groups is 2.